The van der Waals surface area contributed by atoms with Crippen molar-refractivity contribution in [2.75, 3.05) is 5.32 Å². The summed E-state index contributed by atoms with van der Waals surface area (Å²) in [6.45, 7) is 0. The van der Waals surface area contributed by atoms with Crippen LogP contribution in [0.5, 0.6) is 0 Å². The highest BCUT2D eigenvalue weighted by Crippen LogP contribution is 2.28. The van der Waals surface area contributed by atoms with Gasteiger partial charge in [-0.2, -0.15) is 0 Å². The second-order valence-electron chi connectivity index (χ2n) is 5.67. The molecule has 0 atom stereocenters. The van der Waals surface area contributed by atoms with E-state index in [9.17, 15) is 4.79 Å². The van der Waals surface area contributed by atoms with E-state index in [1.807, 2.05) is 12.1 Å². The molecule has 8 heteroatoms. The van der Waals surface area contributed by atoms with Gasteiger partial charge in [-0.15, -0.1) is 0 Å². The molecule has 27 heavy (non-hydrogen) atoms. The number of benzene rings is 2. The molecular weight excluding hydrogens is 544 g/mol. The quantitative estimate of drug-likeness (QED) is 0.308. The second-order valence-corrected chi connectivity index (χ2v) is 8.24. The minimum atomic E-state index is -0.280. The summed E-state index contributed by atoms with van der Waals surface area (Å²) in [5.41, 5.74) is 3.04. The fourth-order valence-corrected chi connectivity index (χ4v) is 3.59. The van der Waals surface area contributed by atoms with Crippen molar-refractivity contribution in [3.05, 3.63) is 73.5 Å². The lowest BCUT2D eigenvalue weighted by Crippen LogP contribution is -2.12. The number of pyridine rings is 1. The Morgan fingerprint density at radius 1 is 1.15 bits per heavy atom. The van der Waals surface area contributed by atoms with Crippen molar-refractivity contribution in [2.45, 2.75) is 0 Å². The number of anilines is 1. The smallest absolute Gasteiger partial charge is 0.257 e. The number of rotatable bonds is 3. The Labute approximate surface area is 181 Å². The first-order valence-corrected chi connectivity index (χ1v) is 10.0. The first-order valence-electron chi connectivity index (χ1n) is 7.77. The van der Waals surface area contributed by atoms with Gasteiger partial charge in [0.05, 0.1) is 16.1 Å². The zero-order chi connectivity index (χ0) is 19.0. The van der Waals surface area contributed by atoms with Gasteiger partial charge in [-0.1, -0.05) is 11.6 Å². The first kappa shape index (κ1) is 18.4. The Bertz CT molecular complexity index is 1180. The van der Waals surface area contributed by atoms with Gasteiger partial charge in [0.15, 0.2) is 5.58 Å². The van der Waals surface area contributed by atoms with Crippen molar-refractivity contribution >= 4 is 72.8 Å². The van der Waals surface area contributed by atoms with Crippen LogP contribution in [0.2, 0.25) is 5.02 Å². The number of carbonyl (C=O) groups is 1. The molecule has 0 aliphatic carbocycles. The van der Waals surface area contributed by atoms with E-state index in [0.29, 0.717) is 33.3 Å². The van der Waals surface area contributed by atoms with Crippen LogP contribution >= 0.6 is 50.1 Å². The number of fused-ring (bicyclic) bond motifs is 1. The highest BCUT2D eigenvalue weighted by molar-refractivity contribution is 14.1. The van der Waals surface area contributed by atoms with Gasteiger partial charge in [0.1, 0.15) is 5.52 Å². The number of aromatic nitrogens is 2. The van der Waals surface area contributed by atoms with Crippen LogP contribution in [0.3, 0.4) is 0 Å². The number of carbonyl (C=O) groups excluding carboxylic acids is 1. The van der Waals surface area contributed by atoms with E-state index < -0.39 is 0 Å². The van der Waals surface area contributed by atoms with Crippen LogP contribution < -0.4 is 5.32 Å². The van der Waals surface area contributed by atoms with Crippen LogP contribution in [0, 0.1) is 3.57 Å². The summed E-state index contributed by atoms with van der Waals surface area (Å²) >= 11 is 11.7. The largest absolute Gasteiger partial charge is 0.436 e. The molecule has 0 aliphatic heterocycles. The van der Waals surface area contributed by atoms with E-state index in [0.717, 1.165) is 13.6 Å². The molecule has 2 heterocycles. The Kier molecular flexibility index (Phi) is 5.16. The number of halogens is 3. The molecule has 2 aromatic carbocycles. The highest BCUT2D eigenvalue weighted by atomic mass is 127. The highest BCUT2D eigenvalue weighted by Gasteiger charge is 2.13. The lowest BCUT2D eigenvalue weighted by molar-refractivity contribution is 0.102. The van der Waals surface area contributed by atoms with Gasteiger partial charge in [0.25, 0.3) is 5.91 Å². The van der Waals surface area contributed by atoms with E-state index in [2.05, 4.69) is 53.8 Å². The van der Waals surface area contributed by atoms with Gasteiger partial charge in [-0.25, -0.2) is 4.98 Å². The minimum Gasteiger partial charge on any atom is -0.436 e. The van der Waals surface area contributed by atoms with Crippen molar-refractivity contribution < 1.29 is 9.21 Å². The van der Waals surface area contributed by atoms with E-state index >= 15 is 0 Å². The second kappa shape index (κ2) is 7.57. The van der Waals surface area contributed by atoms with Gasteiger partial charge in [0, 0.05) is 26.1 Å². The zero-order valence-corrected chi connectivity index (χ0v) is 18.0. The van der Waals surface area contributed by atoms with Gasteiger partial charge in [-0.05, 0) is 81.0 Å². The van der Waals surface area contributed by atoms with Crippen molar-refractivity contribution in [3.63, 3.8) is 0 Å². The monoisotopic (exact) mass is 553 g/mol. The lowest BCUT2D eigenvalue weighted by Gasteiger charge is -2.07. The van der Waals surface area contributed by atoms with Crippen LogP contribution in [0.4, 0.5) is 5.69 Å². The molecule has 0 aliphatic rings. The summed E-state index contributed by atoms with van der Waals surface area (Å²) < 4.78 is 7.55. The summed E-state index contributed by atoms with van der Waals surface area (Å²) in [6.07, 6.45) is 3.37. The Morgan fingerprint density at radius 3 is 2.81 bits per heavy atom. The first-order chi connectivity index (χ1) is 13.0. The van der Waals surface area contributed by atoms with Crippen LogP contribution in [0.25, 0.3) is 22.6 Å². The SMILES string of the molecule is O=C(Nc1ccc2oc(-c3cncc(Br)c3)nc2c1)c1cc(I)ccc1Cl. The standard InChI is InChI=1S/C19H10BrClIN3O2/c20-11-5-10(8-23-9-11)19-25-16-7-13(2-4-17(16)27-19)24-18(26)14-6-12(22)1-3-15(14)21/h1-9H,(H,24,26). The van der Waals surface area contributed by atoms with E-state index in [-0.39, 0.29) is 5.91 Å². The van der Waals surface area contributed by atoms with Gasteiger partial charge >= 0.3 is 0 Å². The van der Waals surface area contributed by atoms with Crippen molar-refractivity contribution in [1.29, 1.82) is 0 Å². The molecule has 134 valence electrons. The molecule has 0 spiro atoms. The number of amides is 1. The lowest BCUT2D eigenvalue weighted by atomic mass is 10.2. The summed E-state index contributed by atoms with van der Waals surface area (Å²) in [5, 5.41) is 3.25. The summed E-state index contributed by atoms with van der Waals surface area (Å²) in [4.78, 5) is 21.1. The van der Waals surface area contributed by atoms with E-state index in [1.165, 1.54) is 0 Å². The van der Waals surface area contributed by atoms with Crippen LogP contribution in [0.1, 0.15) is 10.4 Å². The molecule has 0 fully saturated rings. The molecule has 5 nitrogen and oxygen atoms in total. The molecule has 0 bridgehead atoms. The normalized spacial score (nSPS) is 10.9. The molecule has 1 N–H and O–H groups in total. The third-order valence-electron chi connectivity index (χ3n) is 3.77. The number of nitrogens with one attached hydrogen (secondary N) is 1. The molecule has 1 amide bonds. The molecule has 4 aromatic rings. The molecule has 0 saturated carbocycles. The van der Waals surface area contributed by atoms with E-state index in [4.69, 9.17) is 16.0 Å². The van der Waals surface area contributed by atoms with Crippen LogP contribution in [-0.4, -0.2) is 15.9 Å². The maximum atomic E-state index is 12.5. The molecule has 2 aromatic heterocycles. The fraction of sp³-hybridized carbons (Fsp3) is 0. The molecule has 0 saturated heterocycles. The molecule has 0 unspecified atom stereocenters. The summed E-state index contributed by atoms with van der Waals surface area (Å²) in [6, 6.07) is 12.5. The summed E-state index contributed by atoms with van der Waals surface area (Å²) in [7, 11) is 0. The predicted octanol–water partition coefficient (Wildman–Crippen LogP) is 6.16. The molecular formula is C19H10BrClIN3O2. The molecule has 0 radical (unpaired) electrons. The maximum absolute atomic E-state index is 12.5. The maximum Gasteiger partial charge on any atom is 0.257 e. The van der Waals surface area contributed by atoms with E-state index in [1.54, 1.807) is 42.7 Å². The average Bonchev–Trinajstić information content (AvgIpc) is 3.07. The Hall–Kier alpha value is -1.97. The van der Waals surface area contributed by atoms with Crippen molar-refractivity contribution in [2.24, 2.45) is 0 Å². The predicted molar refractivity (Wildman–Crippen MR) is 117 cm³/mol. The van der Waals surface area contributed by atoms with Crippen LogP contribution in [0.15, 0.2) is 63.7 Å². The van der Waals surface area contributed by atoms with Gasteiger partial charge < -0.3 is 9.73 Å². The number of hydrogen-bond acceptors (Lipinski definition) is 4. The number of hydrogen-bond donors (Lipinski definition) is 1. The zero-order valence-electron chi connectivity index (χ0n) is 13.5. The third kappa shape index (κ3) is 3.99. The summed E-state index contributed by atoms with van der Waals surface area (Å²) in [5.74, 6) is 0.181. The van der Waals surface area contributed by atoms with Gasteiger partial charge in [-0.3, -0.25) is 9.78 Å². The van der Waals surface area contributed by atoms with Gasteiger partial charge in [0.2, 0.25) is 5.89 Å². The number of oxazole rings is 1. The topological polar surface area (TPSA) is 68.0 Å². The number of nitrogens with zero attached hydrogens (tertiary/aromatic N) is 2. The fourth-order valence-electron chi connectivity index (χ4n) is 2.53. The van der Waals surface area contributed by atoms with Crippen molar-refractivity contribution in [3.8, 4) is 11.5 Å². The minimum absolute atomic E-state index is 0.280. The van der Waals surface area contributed by atoms with Crippen molar-refractivity contribution in [1.82, 2.24) is 9.97 Å². The Morgan fingerprint density at radius 2 is 2.00 bits per heavy atom. The van der Waals surface area contributed by atoms with Crippen LogP contribution in [-0.2, 0) is 0 Å². The molecule has 4 rings (SSSR count). The Balaban J connectivity index is 1.64. The third-order valence-corrected chi connectivity index (χ3v) is 5.20. The average molecular weight is 555 g/mol.